The standard InChI is InChI=1S/3C5H9N.3CH2O.Mo/c3*1-5(2,3)6-4;3*1-2;/h3*1-3H3;3*1H2;. The Bertz CT molecular complexity index is 325. The number of hydrogen-bond acceptors (Lipinski definition) is 3. The van der Waals surface area contributed by atoms with Gasteiger partial charge < -0.3 is 28.9 Å². The predicted octanol–water partition coefficient (Wildman–Crippen LogP) is 4.56. The van der Waals surface area contributed by atoms with Gasteiger partial charge >= 0.3 is 0 Å². The molecule has 0 radical (unpaired) electrons. The molecule has 0 saturated carbocycles. The third-order valence-corrected chi connectivity index (χ3v) is 1.01. The third kappa shape index (κ3) is 175. The van der Waals surface area contributed by atoms with E-state index in [1.165, 1.54) is 0 Å². The minimum absolute atomic E-state index is 0. The summed E-state index contributed by atoms with van der Waals surface area (Å²) in [5.41, 5.74) is -0.500. The first kappa shape index (κ1) is 43.6. The van der Waals surface area contributed by atoms with Crippen molar-refractivity contribution < 1.29 is 35.4 Å². The Labute approximate surface area is 169 Å². The van der Waals surface area contributed by atoms with E-state index < -0.39 is 0 Å². The summed E-state index contributed by atoms with van der Waals surface area (Å²) in [7, 11) is 0. The summed E-state index contributed by atoms with van der Waals surface area (Å²) in [5, 5.41) is 0. The molecule has 0 amide bonds. The molecule has 0 saturated heterocycles. The minimum Gasteiger partial charge on any atom is -0.311 e. The van der Waals surface area contributed by atoms with Gasteiger partial charge in [-0.3, -0.25) is 0 Å². The van der Waals surface area contributed by atoms with Crippen LogP contribution in [0.25, 0.3) is 14.5 Å². The van der Waals surface area contributed by atoms with E-state index in [2.05, 4.69) is 14.5 Å². The largest absolute Gasteiger partial charge is 0.311 e. The van der Waals surface area contributed by atoms with Crippen LogP contribution in [0.3, 0.4) is 0 Å². The number of carbonyl (C=O) groups excluding carboxylic acids is 3. The topological polar surface area (TPSA) is 64.3 Å². The average molecular weight is 435 g/mol. The van der Waals surface area contributed by atoms with Crippen molar-refractivity contribution >= 4 is 20.4 Å². The normalized spacial score (nSPS) is 7.92. The molecule has 0 aliphatic carbocycles. The molecule has 25 heavy (non-hydrogen) atoms. The van der Waals surface area contributed by atoms with E-state index in [4.69, 9.17) is 34.1 Å². The van der Waals surface area contributed by atoms with Gasteiger partial charge in [0.15, 0.2) is 0 Å². The summed E-state index contributed by atoms with van der Waals surface area (Å²) in [6.07, 6.45) is 0. The van der Waals surface area contributed by atoms with Gasteiger partial charge in [-0.25, -0.2) is 19.7 Å². The summed E-state index contributed by atoms with van der Waals surface area (Å²) < 4.78 is 0. The Balaban J connectivity index is -0.0000000331. The van der Waals surface area contributed by atoms with E-state index in [0.717, 1.165) is 0 Å². The summed E-state index contributed by atoms with van der Waals surface area (Å²) in [5.74, 6) is 0. The van der Waals surface area contributed by atoms with Crippen molar-refractivity contribution in [1.29, 1.82) is 0 Å². The van der Waals surface area contributed by atoms with E-state index >= 15 is 0 Å². The molecule has 0 unspecified atom stereocenters. The van der Waals surface area contributed by atoms with Crippen LogP contribution in [0.4, 0.5) is 0 Å². The van der Waals surface area contributed by atoms with E-state index in [0.29, 0.717) is 0 Å². The van der Waals surface area contributed by atoms with Gasteiger partial charge in [-0.15, -0.1) is 0 Å². The molecule has 0 aromatic carbocycles. The van der Waals surface area contributed by atoms with Gasteiger partial charge in [0.25, 0.3) is 0 Å². The molecular formula is C18H33MoN3O3. The van der Waals surface area contributed by atoms with Gasteiger partial charge in [0.2, 0.25) is 16.6 Å². The van der Waals surface area contributed by atoms with Gasteiger partial charge in [0, 0.05) is 83.4 Å². The van der Waals surface area contributed by atoms with E-state index in [-0.39, 0.29) is 37.7 Å². The Morgan fingerprint density at radius 1 is 0.480 bits per heavy atom. The molecule has 0 heterocycles. The molecule has 0 rings (SSSR count). The molecule has 0 aliphatic heterocycles. The van der Waals surface area contributed by atoms with E-state index in [1.807, 2.05) is 82.7 Å². The second-order valence-corrected chi connectivity index (χ2v) is 6.85. The van der Waals surface area contributed by atoms with E-state index in [9.17, 15) is 0 Å². The number of nitrogens with zero attached hydrogens (tertiary/aromatic N) is 3. The van der Waals surface area contributed by atoms with Crippen molar-refractivity contribution in [3.05, 3.63) is 34.3 Å². The Hall–Kier alpha value is -1.83. The molecule has 0 fully saturated rings. The summed E-state index contributed by atoms with van der Waals surface area (Å²) in [6, 6.07) is 0. The molecular weight excluding hydrogens is 402 g/mol. The molecule has 6 nitrogen and oxygen atoms in total. The van der Waals surface area contributed by atoms with Crippen molar-refractivity contribution in [2.24, 2.45) is 0 Å². The minimum atomic E-state index is -0.167. The van der Waals surface area contributed by atoms with Crippen LogP contribution >= 0.6 is 0 Å². The van der Waals surface area contributed by atoms with Crippen molar-refractivity contribution in [2.45, 2.75) is 78.9 Å². The second kappa shape index (κ2) is 27.0. The fourth-order valence-corrected chi connectivity index (χ4v) is 0. The van der Waals surface area contributed by atoms with Crippen LogP contribution in [0.15, 0.2) is 0 Å². The monoisotopic (exact) mass is 437 g/mol. The van der Waals surface area contributed by atoms with Crippen molar-refractivity contribution in [3.63, 3.8) is 0 Å². The van der Waals surface area contributed by atoms with Crippen LogP contribution in [0, 0.1) is 19.7 Å². The van der Waals surface area contributed by atoms with Gasteiger partial charge in [0.05, 0.1) is 0 Å². The van der Waals surface area contributed by atoms with Gasteiger partial charge in [0.1, 0.15) is 20.4 Å². The van der Waals surface area contributed by atoms with Gasteiger partial charge in [-0.05, 0) is 0 Å². The Morgan fingerprint density at radius 3 is 0.520 bits per heavy atom. The van der Waals surface area contributed by atoms with Crippen LogP contribution in [0.5, 0.6) is 0 Å². The van der Waals surface area contributed by atoms with Crippen LogP contribution < -0.4 is 0 Å². The summed E-state index contributed by atoms with van der Waals surface area (Å²) >= 11 is 0. The Kier molecular flexibility index (Phi) is 47.1. The molecule has 0 aromatic heterocycles. The van der Waals surface area contributed by atoms with Crippen LogP contribution in [-0.2, 0) is 35.4 Å². The first-order valence-corrected chi connectivity index (χ1v) is 6.71. The molecule has 0 N–H and O–H groups in total. The zero-order valence-corrected chi connectivity index (χ0v) is 19.1. The maximum absolute atomic E-state index is 8.00. The molecule has 0 bridgehead atoms. The molecule has 0 spiro atoms. The molecule has 0 aromatic rings. The van der Waals surface area contributed by atoms with Gasteiger partial charge in [-0.2, -0.15) is 0 Å². The zero-order valence-electron chi connectivity index (χ0n) is 17.1. The molecule has 0 aliphatic rings. The summed E-state index contributed by atoms with van der Waals surface area (Å²) in [6.45, 7) is 42.4. The molecule has 7 heteroatoms. The Morgan fingerprint density at radius 2 is 0.520 bits per heavy atom. The molecule has 144 valence electrons. The van der Waals surface area contributed by atoms with Crippen LogP contribution in [0.1, 0.15) is 62.3 Å². The van der Waals surface area contributed by atoms with Gasteiger partial charge in [-0.1, -0.05) is 0 Å². The molecule has 0 atom stereocenters. The zero-order chi connectivity index (χ0) is 21.6. The third-order valence-electron chi connectivity index (χ3n) is 1.01. The second-order valence-electron chi connectivity index (χ2n) is 6.85. The van der Waals surface area contributed by atoms with Crippen molar-refractivity contribution in [3.8, 4) is 0 Å². The maximum atomic E-state index is 8.00. The average Bonchev–Trinajstić information content (AvgIpc) is 2.52. The number of rotatable bonds is 0. The fraction of sp³-hybridized carbons (Fsp3) is 0.667. The fourth-order valence-electron chi connectivity index (χ4n) is 0. The maximum Gasteiger partial charge on any atom is 0.224 e. The first-order chi connectivity index (χ1) is 10.7. The van der Waals surface area contributed by atoms with Crippen molar-refractivity contribution in [1.82, 2.24) is 0 Å². The quantitative estimate of drug-likeness (QED) is 0.414. The van der Waals surface area contributed by atoms with E-state index in [1.54, 1.807) is 0 Å². The number of hydrogen-bond donors (Lipinski definition) is 0. The van der Waals surface area contributed by atoms with Crippen LogP contribution in [-0.4, -0.2) is 37.0 Å². The summed E-state index contributed by atoms with van der Waals surface area (Å²) in [4.78, 5) is 33.8. The SMILES string of the molecule is C=O.C=O.C=O.[C-]#[N+]C(C)(C)C.[C-]#[N+]C(C)(C)C.[C-]#[N+]C(C)(C)C.[Mo]. The smallest absolute Gasteiger partial charge is 0.224 e. The van der Waals surface area contributed by atoms with Crippen LogP contribution in [0.2, 0.25) is 0 Å². The predicted molar refractivity (Wildman–Crippen MR) is 100 cm³/mol. The van der Waals surface area contributed by atoms with Crippen molar-refractivity contribution in [2.75, 3.05) is 0 Å². The first-order valence-electron chi connectivity index (χ1n) is 6.71. The number of carbonyl (C=O) groups is 3.